The first-order valence-corrected chi connectivity index (χ1v) is 11.4. The van der Waals surface area contributed by atoms with Crippen LogP contribution in [-0.2, 0) is 6.54 Å². The van der Waals surface area contributed by atoms with Crippen molar-refractivity contribution in [3.05, 3.63) is 73.5 Å². The summed E-state index contributed by atoms with van der Waals surface area (Å²) in [6, 6.07) is 12.8. The van der Waals surface area contributed by atoms with Crippen LogP contribution in [0.3, 0.4) is 0 Å². The fourth-order valence-electron chi connectivity index (χ4n) is 3.30. The molecule has 1 atom stereocenters. The fourth-order valence-corrected chi connectivity index (χ4v) is 4.64. The Morgan fingerprint density at radius 3 is 2.53 bits per heavy atom. The van der Waals surface area contributed by atoms with Crippen LogP contribution >= 0.6 is 27.7 Å². The number of benzene rings is 2. The minimum absolute atomic E-state index is 0.0651. The number of para-hydroxylation sites is 1. The SMILES string of the molecule is CC(C)Cn1c(SC(C)c2nc3ccccc3c(=O)[nH]2)nc2ccc(Br)cc2c1=O. The minimum Gasteiger partial charge on any atom is -0.309 e. The minimum atomic E-state index is -0.194. The topological polar surface area (TPSA) is 80.6 Å². The monoisotopic (exact) mass is 484 g/mol. The van der Waals surface area contributed by atoms with Gasteiger partial charge in [0.1, 0.15) is 5.82 Å². The van der Waals surface area contributed by atoms with Crippen molar-refractivity contribution in [3.63, 3.8) is 0 Å². The number of aromatic nitrogens is 4. The summed E-state index contributed by atoms with van der Waals surface area (Å²) in [6.07, 6.45) is 0. The first-order valence-electron chi connectivity index (χ1n) is 9.69. The molecule has 0 saturated carbocycles. The lowest BCUT2D eigenvalue weighted by Gasteiger charge is -2.17. The molecule has 0 aliphatic heterocycles. The molecular weight excluding hydrogens is 464 g/mol. The summed E-state index contributed by atoms with van der Waals surface area (Å²) in [6.45, 7) is 6.65. The first-order chi connectivity index (χ1) is 14.3. The molecule has 6 nitrogen and oxygen atoms in total. The van der Waals surface area contributed by atoms with Crippen LogP contribution in [0.1, 0.15) is 31.8 Å². The lowest BCUT2D eigenvalue weighted by Crippen LogP contribution is -2.25. The maximum atomic E-state index is 13.2. The zero-order chi connectivity index (χ0) is 21.4. The van der Waals surface area contributed by atoms with Crippen molar-refractivity contribution in [1.29, 1.82) is 0 Å². The number of nitrogens with zero attached hydrogens (tertiary/aromatic N) is 3. The van der Waals surface area contributed by atoms with E-state index in [0.29, 0.717) is 39.3 Å². The van der Waals surface area contributed by atoms with E-state index < -0.39 is 0 Å². The van der Waals surface area contributed by atoms with E-state index in [4.69, 9.17) is 4.98 Å². The van der Waals surface area contributed by atoms with E-state index in [0.717, 1.165) is 4.47 Å². The zero-order valence-electron chi connectivity index (χ0n) is 16.8. The standard InChI is InChI=1S/C22H21BrN4O2S/c1-12(2)11-27-21(29)16-10-14(23)8-9-18(16)25-22(27)30-13(3)19-24-17-7-5-4-6-15(17)20(28)26-19/h4-10,12-13H,11H2,1-3H3,(H,24,26,28). The molecule has 8 heteroatoms. The van der Waals surface area contributed by atoms with E-state index in [1.807, 2.05) is 43.3 Å². The number of thioether (sulfide) groups is 1. The molecule has 4 aromatic rings. The van der Waals surface area contributed by atoms with Crippen molar-refractivity contribution in [2.75, 3.05) is 0 Å². The molecule has 0 fully saturated rings. The highest BCUT2D eigenvalue weighted by atomic mass is 79.9. The van der Waals surface area contributed by atoms with Gasteiger partial charge in [-0.05, 0) is 43.2 Å². The Kier molecular flexibility index (Phi) is 5.79. The largest absolute Gasteiger partial charge is 0.309 e. The molecule has 0 amide bonds. The third-order valence-electron chi connectivity index (χ3n) is 4.73. The predicted molar refractivity (Wildman–Crippen MR) is 125 cm³/mol. The third-order valence-corrected chi connectivity index (χ3v) is 6.32. The summed E-state index contributed by atoms with van der Waals surface area (Å²) >= 11 is 4.86. The van der Waals surface area contributed by atoms with Crippen molar-refractivity contribution in [1.82, 2.24) is 19.5 Å². The molecular formula is C22H21BrN4O2S. The van der Waals surface area contributed by atoms with E-state index in [1.54, 1.807) is 10.6 Å². The fraction of sp³-hybridized carbons (Fsp3) is 0.273. The number of nitrogens with one attached hydrogen (secondary N) is 1. The number of halogens is 1. The average molecular weight is 485 g/mol. The molecule has 1 unspecified atom stereocenters. The smallest absolute Gasteiger partial charge is 0.262 e. The maximum Gasteiger partial charge on any atom is 0.262 e. The molecule has 0 radical (unpaired) electrons. The highest BCUT2D eigenvalue weighted by Gasteiger charge is 2.19. The van der Waals surface area contributed by atoms with E-state index >= 15 is 0 Å². The normalized spacial score (nSPS) is 12.7. The van der Waals surface area contributed by atoms with Gasteiger partial charge in [0.15, 0.2) is 5.16 Å². The van der Waals surface area contributed by atoms with Gasteiger partial charge in [-0.2, -0.15) is 0 Å². The molecule has 2 aromatic carbocycles. The summed E-state index contributed by atoms with van der Waals surface area (Å²) in [5.74, 6) is 0.840. The number of aromatic amines is 1. The molecule has 0 aliphatic carbocycles. The van der Waals surface area contributed by atoms with Crippen LogP contribution < -0.4 is 11.1 Å². The molecule has 2 aromatic heterocycles. The van der Waals surface area contributed by atoms with Gasteiger partial charge < -0.3 is 4.98 Å². The van der Waals surface area contributed by atoms with Crippen LogP contribution in [0, 0.1) is 5.92 Å². The number of H-pyrrole nitrogens is 1. The van der Waals surface area contributed by atoms with Crippen molar-refractivity contribution >= 4 is 49.5 Å². The van der Waals surface area contributed by atoms with E-state index in [-0.39, 0.29) is 22.3 Å². The van der Waals surface area contributed by atoms with Crippen LogP contribution in [0.15, 0.2) is 61.7 Å². The Hall–Kier alpha value is -2.45. The van der Waals surface area contributed by atoms with Gasteiger partial charge in [-0.3, -0.25) is 14.2 Å². The Balaban J connectivity index is 1.80. The molecule has 0 aliphatic rings. The van der Waals surface area contributed by atoms with E-state index in [9.17, 15) is 9.59 Å². The van der Waals surface area contributed by atoms with Gasteiger partial charge in [-0.15, -0.1) is 0 Å². The zero-order valence-corrected chi connectivity index (χ0v) is 19.3. The highest BCUT2D eigenvalue weighted by molar-refractivity contribution is 9.10. The first kappa shape index (κ1) is 20.8. The molecule has 154 valence electrons. The van der Waals surface area contributed by atoms with Crippen molar-refractivity contribution in [2.24, 2.45) is 5.92 Å². The number of rotatable bonds is 5. The summed E-state index contributed by atoms with van der Waals surface area (Å²) < 4.78 is 2.57. The van der Waals surface area contributed by atoms with Gasteiger partial charge in [0, 0.05) is 11.0 Å². The van der Waals surface area contributed by atoms with Gasteiger partial charge in [-0.25, -0.2) is 9.97 Å². The Labute approximate surface area is 185 Å². The second-order valence-corrected chi connectivity index (χ2v) is 9.82. The van der Waals surface area contributed by atoms with Gasteiger partial charge in [0.25, 0.3) is 11.1 Å². The summed E-state index contributed by atoms with van der Waals surface area (Å²) in [7, 11) is 0. The summed E-state index contributed by atoms with van der Waals surface area (Å²) in [5, 5.41) is 1.57. The second kappa shape index (κ2) is 8.35. The lowest BCUT2D eigenvalue weighted by molar-refractivity contribution is 0.474. The number of hydrogen-bond acceptors (Lipinski definition) is 5. The van der Waals surface area contributed by atoms with Gasteiger partial charge in [-0.1, -0.05) is 53.7 Å². The second-order valence-electron chi connectivity index (χ2n) is 7.59. The van der Waals surface area contributed by atoms with E-state index in [2.05, 4.69) is 39.7 Å². The third kappa shape index (κ3) is 4.06. The summed E-state index contributed by atoms with van der Waals surface area (Å²) in [4.78, 5) is 37.9. The van der Waals surface area contributed by atoms with Gasteiger partial charge in [0.05, 0.1) is 27.1 Å². The van der Waals surface area contributed by atoms with Crippen molar-refractivity contribution in [2.45, 2.75) is 37.7 Å². The summed E-state index contributed by atoms with van der Waals surface area (Å²) in [5.41, 5.74) is 1.07. The van der Waals surface area contributed by atoms with Crippen molar-refractivity contribution in [3.8, 4) is 0 Å². The Morgan fingerprint density at radius 2 is 1.77 bits per heavy atom. The van der Waals surface area contributed by atoms with Crippen LogP contribution in [-0.4, -0.2) is 19.5 Å². The Bertz CT molecular complexity index is 1360. The predicted octanol–water partition coefficient (Wildman–Crippen LogP) is 4.90. The quantitative estimate of drug-likeness (QED) is 0.321. The highest BCUT2D eigenvalue weighted by Crippen LogP contribution is 2.32. The molecule has 30 heavy (non-hydrogen) atoms. The number of fused-ring (bicyclic) bond motifs is 2. The van der Waals surface area contributed by atoms with Gasteiger partial charge in [0.2, 0.25) is 0 Å². The molecule has 0 spiro atoms. The molecule has 4 rings (SSSR count). The van der Waals surface area contributed by atoms with Gasteiger partial charge >= 0.3 is 0 Å². The molecule has 0 saturated heterocycles. The Morgan fingerprint density at radius 1 is 1.03 bits per heavy atom. The van der Waals surface area contributed by atoms with Crippen LogP contribution in [0.5, 0.6) is 0 Å². The van der Waals surface area contributed by atoms with Crippen LogP contribution in [0.4, 0.5) is 0 Å². The van der Waals surface area contributed by atoms with Crippen LogP contribution in [0.2, 0.25) is 0 Å². The van der Waals surface area contributed by atoms with E-state index in [1.165, 1.54) is 11.8 Å². The lowest BCUT2D eigenvalue weighted by atomic mass is 10.2. The van der Waals surface area contributed by atoms with Crippen LogP contribution in [0.25, 0.3) is 21.8 Å². The number of hydrogen-bond donors (Lipinski definition) is 1. The molecule has 0 bridgehead atoms. The molecule has 1 N–H and O–H groups in total. The van der Waals surface area contributed by atoms with Crippen molar-refractivity contribution < 1.29 is 0 Å². The average Bonchev–Trinajstić information content (AvgIpc) is 2.71. The maximum absolute atomic E-state index is 13.2. The molecule has 2 heterocycles.